The maximum atomic E-state index is 9.85. The van der Waals surface area contributed by atoms with Gasteiger partial charge in [0.05, 0.1) is 0 Å². The van der Waals surface area contributed by atoms with E-state index >= 15 is 0 Å². The molecule has 1 unspecified atom stereocenters. The third kappa shape index (κ3) is 5.27. The number of carboxylic acid groups (broad SMARTS) is 1. The predicted octanol–water partition coefficient (Wildman–Crippen LogP) is -0.0179. The van der Waals surface area contributed by atoms with Crippen LogP contribution in [-0.4, -0.2) is 29.1 Å². The van der Waals surface area contributed by atoms with Crippen molar-refractivity contribution in [2.45, 2.75) is 13.2 Å². The van der Waals surface area contributed by atoms with E-state index < -0.39 is 18.9 Å². The highest BCUT2D eigenvalue weighted by Gasteiger charge is 2.00. The van der Waals surface area contributed by atoms with Gasteiger partial charge in [-0.1, -0.05) is 6.08 Å². The van der Waals surface area contributed by atoms with Crippen molar-refractivity contribution < 1.29 is 19.7 Å². The van der Waals surface area contributed by atoms with Crippen LogP contribution < -0.4 is 0 Å². The van der Waals surface area contributed by atoms with E-state index in [1.165, 1.54) is 6.08 Å². The molecule has 0 aromatic heterocycles. The maximum Gasteiger partial charge on any atom is 0.329 e. The minimum absolute atomic E-state index is 0.481. The molecular formula is C6H10O4. The Hall–Kier alpha value is -0.870. The summed E-state index contributed by atoms with van der Waals surface area (Å²) >= 11 is 0. The van der Waals surface area contributed by atoms with Crippen LogP contribution in [0.3, 0.4) is 0 Å². The Morgan fingerprint density at radius 2 is 2.40 bits per heavy atom. The topological polar surface area (TPSA) is 66.8 Å². The van der Waals surface area contributed by atoms with Crippen molar-refractivity contribution in [2.24, 2.45) is 0 Å². The van der Waals surface area contributed by atoms with Crippen LogP contribution in [0.1, 0.15) is 6.92 Å². The van der Waals surface area contributed by atoms with E-state index in [0.717, 1.165) is 0 Å². The van der Waals surface area contributed by atoms with E-state index in [1.54, 1.807) is 13.0 Å². The molecule has 0 heterocycles. The molecule has 0 saturated carbocycles. The lowest BCUT2D eigenvalue weighted by molar-refractivity contribution is -0.150. The van der Waals surface area contributed by atoms with Crippen molar-refractivity contribution in [3.05, 3.63) is 12.2 Å². The fraction of sp³-hybridized carbons (Fsp3) is 0.500. The number of carbonyl (C=O) groups is 1. The van der Waals surface area contributed by atoms with Gasteiger partial charge >= 0.3 is 5.97 Å². The average molecular weight is 146 g/mol. The van der Waals surface area contributed by atoms with Gasteiger partial charge in [-0.15, -0.1) is 0 Å². The molecule has 4 heteroatoms. The van der Waals surface area contributed by atoms with Gasteiger partial charge in [0.2, 0.25) is 0 Å². The molecule has 2 N–H and O–H groups in total. The Morgan fingerprint density at radius 1 is 1.80 bits per heavy atom. The molecule has 0 aromatic rings. The fourth-order valence-electron chi connectivity index (χ4n) is 0.377. The van der Waals surface area contributed by atoms with E-state index in [1.807, 2.05) is 0 Å². The second-order valence-electron chi connectivity index (χ2n) is 1.62. The standard InChI is InChI=1S/C6H10O4/c1-2-3-6(9)10-4-5(7)8/h2-3,6,9H,4H2,1H3,(H,7,8). The van der Waals surface area contributed by atoms with E-state index in [0.29, 0.717) is 0 Å². The molecule has 1 atom stereocenters. The van der Waals surface area contributed by atoms with Crippen molar-refractivity contribution in [3.63, 3.8) is 0 Å². The predicted molar refractivity (Wildman–Crippen MR) is 34.4 cm³/mol. The van der Waals surface area contributed by atoms with Gasteiger partial charge in [0, 0.05) is 0 Å². The lowest BCUT2D eigenvalue weighted by Crippen LogP contribution is -2.15. The number of hydrogen-bond donors (Lipinski definition) is 2. The fourth-order valence-corrected chi connectivity index (χ4v) is 0.377. The molecule has 0 fully saturated rings. The Bertz CT molecular complexity index is 130. The number of allylic oxidation sites excluding steroid dienone is 1. The molecule has 0 aliphatic carbocycles. The third-order valence-corrected chi connectivity index (χ3v) is 0.735. The molecule has 10 heavy (non-hydrogen) atoms. The molecule has 4 nitrogen and oxygen atoms in total. The summed E-state index contributed by atoms with van der Waals surface area (Å²) in [6.07, 6.45) is 1.82. The lowest BCUT2D eigenvalue weighted by atomic mass is 10.5. The smallest absolute Gasteiger partial charge is 0.329 e. The molecule has 0 aromatic carbocycles. The number of aliphatic hydroxyl groups excluding tert-OH is 1. The van der Waals surface area contributed by atoms with Crippen LogP contribution in [0, 0.1) is 0 Å². The summed E-state index contributed by atoms with van der Waals surface area (Å²) < 4.78 is 4.41. The van der Waals surface area contributed by atoms with Gasteiger partial charge in [-0.2, -0.15) is 0 Å². The van der Waals surface area contributed by atoms with E-state index in [2.05, 4.69) is 4.74 Å². The summed E-state index contributed by atoms with van der Waals surface area (Å²) in [6, 6.07) is 0. The minimum Gasteiger partial charge on any atom is -0.480 e. The highest BCUT2D eigenvalue weighted by Crippen LogP contribution is 1.87. The van der Waals surface area contributed by atoms with Crippen LogP contribution in [0.5, 0.6) is 0 Å². The largest absolute Gasteiger partial charge is 0.480 e. The van der Waals surface area contributed by atoms with Crippen LogP contribution in [0.25, 0.3) is 0 Å². The zero-order valence-corrected chi connectivity index (χ0v) is 5.65. The molecule has 0 amide bonds. The second kappa shape index (κ2) is 4.96. The molecule has 0 aliphatic rings. The normalized spacial score (nSPS) is 13.8. The Kier molecular flexibility index (Phi) is 4.53. The molecule has 58 valence electrons. The van der Waals surface area contributed by atoms with Crippen molar-refractivity contribution in [1.29, 1.82) is 0 Å². The van der Waals surface area contributed by atoms with Gasteiger partial charge < -0.3 is 14.9 Å². The minimum atomic E-state index is -1.11. The third-order valence-electron chi connectivity index (χ3n) is 0.735. The number of rotatable bonds is 4. The van der Waals surface area contributed by atoms with Crippen LogP contribution in [0.2, 0.25) is 0 Å². The highest BCUT2D eigenvalue weighted by molar-refractivity contribution is 5.68. The van der Waals surface area contributed by atoms with Crippen LogP contribution in [0.15, 0.2) is 12.2 Å². The zero-order valence-electron chi connectivity index (χ0n) is 5.65. The van der Waals surface area contributed by atoms with Gasteiger partial charge in [0.15, 0.2) is 6.29 Å². The van der Waals surface area contributed by atoms with Gasteiger partial charge in [-0.25, -0.2) is 4.79 Å². The average Bonchev–Trinajstić information content (AvgIpc) is 1.85. The van der Waals surface area contributed by atoms with Crippen LogP contribution in [0.4, 0.5) is 0 Å². The maximum absolute atomic E-state index is 9.85. The van der Waals surface area contributed by atoms with E-state index in [4.69, 9.17) is 10.2 Å². The summed E-state index contributed by atoms with van der Waals surface area (Å²) in [5, 5.41) is 16.8. The number of hydrogen-bond acceptors (Lipinski definition) is 3. The lowest BCUT2D eigenvalue weighted by Gasteiger charge is -2.03. The Morgan fingerprint density at radius 3 is 2.80 bits per heavy atom. The second-order valence-corrected chi connectivity index (χ2v) is 1.62. The monoisotopic (exact) mass is 146 g/mol. The van der Waals surface area contributed by atoms with Gasteiger partial charge in [0.1, 0.15) is 6.61 Å². The number of aliphatic carboxylic acids is 1. The van der Waals surface area contributed by atoms with Gasteiger partial charge in [-0.05, 0) is 13.0 Å². The first-order valence-corrected chi connectivity index (χ1v) is 2.81. The molecule has 0 bridgehead atoms. The molecular weight excluding hydrogens is 136 g/mol. The molecule has 0 aliphatic heterocycles. The number of carboxylic acids is 1. The Labute approximate surface area is 58.7 Å². The quantitative estimate of drug-likeness (QED) is 0.432. The molecule has 0 radical (unpaired) electrons. The molecule has 0 rings (SSSR count). The number of aliphatic hydroxyl groups is 1. The summed E-state index contributed by atoms with van der Waals surface area (Å²) in [6.45, 7) is 1.22. The van der Waals surface area contributed by atoms with Gasteiger partial charge in [0.25, 0.3) is 0 Å². The summed E-state index contributed by atoms with van der Waals surface area (Å²) in [4.78, 5) is 9.85. The van der Waals surface area contributed by atoms with Crippen molar-refractivity contribution >= 4 is 5.97 Å². The molecule has 0 saturated heterocycles. The van der Waals surface area contributed by atoms with Crippen molar-refractivity contribution in [3.8, 4) is 0 Å². The highest BCUT2D eigenvalue weighted by atomic mass is 16.6. The SMILES string of the molecule is CC=CC(O)OCC(=O)O. The van der Waals surface area contributed by atoms with Crippen molar-refractivity contribution in [1.82, 2.24) is 0 Å². The first kappa shape index (κ1) is 9.13. The number of ether oxygens (including phenoxy) is 1. The zero-order chi connectivity index (χ0) is 7.98. The van der Waals surface area contributed by atoms with E-state index in [-0.39, 0.29) is 0 Å². The first-order valence-electron chi connectivity index (χ1n) is 2.81. The summed E-state index contributed by atoms with van der Waals surface area (Å²) in [5.41, 5.74) is 0. The summed E-state index contributed by atoms with van der Waals surface area (Å²) in [7, 11) is 0. The van der Waals surface area contributed by atoms with Crippen LogP contribution in [-0.2, 0) is 9.53 Å². The van der Waals surface area contributed by atoms with Crippen molar-refractivity contribution in [2.75, 3.05) is 6.61 Å². The Balaban J connectivity index is 3.39. The van der Waals surface area contributed by atoms with E-state index in [9.17, 15) is 4.79 Å². The molecule has 0 spiro atoms. The van der Waals surface area contributed by atoms with Crippen LogP contribution >= 0.6 is 0 Å². The summed E-state index contributed by atoms with van der Waals surface area (Å²) in [5.74, 6) is -1.09. The van der Waals surface area contributed by atoms with Gasteiger partial charge in [-0.3, -0.25) is 0 Å². The first-order chi connectivity index (χ1) is 4.66.